The minimum absolute atomic E-state index is 0.562. The van der Waals surface area contributed by atoms with Crippen molar-refractivity contribution >= 4 is 17.2 Å². The summed E-state index contributed by atoms with van der Waals surface area (Å²) < 4.78 is 2.05. The number of nitrogens with zero attached hydrogens (tertiary/aromatic N) is 3. The first kappa shape index (κ1) is 11.1. The van der Waals surface area contributed by atoms with Gasteiger partial charge in [-0.2, -0.15) is 0 Å². The summed E-state index contributed by atoms with van der Waals surface area (Å²) >= 11 is 5.98. The first-order valence-corrected chi connectivity index (χ1v) is 6.43. The minimum Gasteiger partial charge on any atom is -0.307 e. The summed E-state index contributed by atoms with van der Waals surface area (Å²) in [7, 11) is 2.18. The van der Waals surface area contributed by atoms with Gasteiger partial charge in [-0.05, 0) is 38.6 Å². The molecule has 1 fully saturated rings. The van der Waals surface area contributed by atoms with Gasteiger partial charge in [0.05, 0.1) is 5.69 Å². The van der Waals surface area contributed by atoms with E-state index in [1.54, 1.807) is 0 Å². The molecule has 3 nitrogen and oxygen atoms in total. The van der Waals surface area contributed by atoms with E-state index < -0.39 is 0 Å². The quantitative estimate of drug-likeness (QED) is 0.775. The Morgan fingerprint density at radius 1 is 1.47 bits per heavy atom. The Morgan fingerprint density at radius 3 is 3.18 bits per heavy atom. The summed E-state index contributed by atoms with van der Waals surface area (Å²) in [6.07, 6.45) is 6.61. The summed E-state index contributed by atoms with van der Waals surface area (Å²) in [5.41, 5.74) is 2.14. The van der Waals surface area contributed by atoms with Crippen LogP contribution in [0, 0.1) is 0 Å². The van der Waals surface area contributed by atoms with E-state index in [0.29, 0.717) is 5.92 Å². The SMILES string of the molecule is CN1CCCC(c2cn3ccc(Cl)cc3n2)C1. The van der Waals surface area contributed by atoms with E-state index in [0.717, 1.165) is 17.2 Å². The molecule has 1 aliphatic rings. The molecule has 3 rings (SSSR count). The van der Waals surface area contributed by atoms with Gasteiger partial charge in [0, 0.05) is 29.9 Å². The number of likely N-dealkylation sites (tertiary alicyclic amines) is 1. The predicted octanol–water partition coefficient (Wildman–Crippen LogP) is 2.80. The third kappa shape index (κ3) is 2.17. The number of likely N-dealkylation sites (N-methyl/N-ethyl adjacent to an activating group) is 1. The fraction of sp³-hybridized carbons (Fsp3) is 0.462. The van der Waals surface area contributed by atoms with Gasteiger partial charge in [0.2, 0.25) is 0 Å². The molecular formula is C13H16ClN3. The lowest BCUT2D eigenvalue weighted by atomic mass is 9.96. The fourth-order valence-electron chi connectivity index (χ4n) is 2.58. The van der Waals surface area contributed by atoms with E-state index in [-0.39, 0.29) is 0 Å². The standard InChI is InChI=1S/C13H16ClN3/c1-16-5-2-3-10(8-16)12-9-17-6-4-11(14)7-13(17)15-12/h4,6-7,9-10H,2-3,5,8H2,1H3. The molecular weight excluding hydrogens is 234 g/mol. The third-order valence-corrected chi connectivity index (χ3v) is 3.72. The van der Waals surface area contributed by atoms with Crippen LogP contribution in [-0.4, -0.2) is 34.4 Å². The third-order valence-electron chi connectivity index (χ3n) is 3.48. The van der Waals surface area contributed by atoms with Gasteiger partial charge in [0.1, 0.15) is 5.65 Å². The van der Waals surface area contributed by atoms with Gasteiger partial charge < -0.3 is 9.30 Å². The first-order chi connectivity index (χ1) is 8.22. The van der Waals surface area contributed by atoms with Crippen LogP contribution in [0.3, 0.4) is 0 Å². The zero-order chi connectivity index (χ0) is 11.8. The Bertz CT molecular complexity index is 534. The van der Waals surface area contributed by atoms with Crippen molar-refractivity contribution in [1.82, 2.24) is 14.3 Å². The molecule has 4 heteroatoms. The van der Waals surface area contributed by atoms with E-state index in [9.17, 15) is 0 Å². The maximum Gasteiger partial charge on any atom is 0.138 e. The molecule has 1 atom stereocenters. The van der Waals surface area contributed by atoms with E-state index in [1.165, 1.54) is 25.1 Å². The topological polar surface area (TPSA) is 20.5 Å². The molecule has 90 valence electrons. The second-order valence-corrected chi connectivity index (χ2v) is 5.31. The van der Waals surface area contributed by atoms with Gasteiger partial charge >= 0.3 is 0 Å². The smallest absolute Gasteiger partial charge is 0.138 e. The fourth-order valence-corrected chi connectivity index (χ4v) is 2.74. The van der Waals surface area contributed by atoms with Crippen molar-refractivity contribution in [3.05, 3.63) is 35.2 Å². The molecule has 3 heterocycles. The summed E-state index contributed by atoms with van der Waals surface area (Å²) in [6.45, 7) is 2.31. The molecule has 0 amide bonds. The van der Waals surface area contributed by atoms with Crippen molar-refractivity contribution in [2.24, 2.45) is 0 Å². The number of aromatic nitrogens is 2. The van der Waals surface area contributed by atoms with Crippen molar-refractivity contribution in [1.29, 1.82) is 0 Å². The van der Waals surface area contributed by atoms with Gasteiger partial charge in [-0.15, -0.1) is 0 Å². The Morgan fingerprint density at radius 2 is 2.35 bits per heavy atom. The second-order valence-electron chi connectivity index (χ2n) is 4.88. The van der Waals surface area contributed by atoms with Crippen LogP contribution in [0.5, 0.6) is 0 Å². The zero-order valence-electron chi connectivity index (χ0n) is 9.93. The van der Waals surface area contributed by atoms with Gasteiger partial charge in [-0.3, -0.25) is 0 Å². The number of fused-ring (bicyclic) bond motifs is 1. The van der Waals surface area contributed by atoms with Crippen LogP contribution in [0.2, 0.25) is 5.02 Å². The van der Waals surface area contributed by atoms with E-state index in [1.807, 2.05) is 18.3 Å². The normalized spacial score (nSPS) is 22.1. The number of rotatable bonds is 1. The van der Waals surface area contributed by atoms with E-state index in [2.05, 4.69) is 27.5 Å². The molecule has 0 radical (unpaired) electrons. The monoisotopic (exact) mass is 249 g/mol. The van der Waals surface area contributed by atoms with Crippen LogP contribution in [0.1, 0.15) is 24.5 Å². The summed E-state index contributed by atoms with van der Waals surface area (Å²) in [6, 6.07) is 3.81. The zero-order valence-corrected chi connectivity index (χ0v) is 10.7. The Kier molecular flexibility index (Phi) is 2.81. The van der Waals surface area contributed by atoms with Crippen LogP contribution < -0.4 is 0 Å². The Labute approximate surface area is 106 Å². The average molecular weight is 250 g/mol. The largest absolute Gasteiger partial charge is 0.307 e. The van der Waals surface area contributed by atoms with Crippen LogP contribution in [-0.2, 0) is 0 Å². The minimum atomic E-state index is 0.562. The molecule has 17 heavy (non-hydrogen) atoms. The highest BCUT2D eigenvalue weighted by Crippen LogP contribution is 2.26. The number of halogens is 1. The number of piperidine rings is 1. The van der Waals surface area contributed by atoms with Crippen molar-refractivity contribution in [2.45, 2.75) is 18.8 Å². The predicted molar refractivity (Wildman–Crippen MR) is 69.7 cm³/mol. The van der Waals surface area contributed by atoms with Crippen LogP contribution in [0.4, 0.5) is 0 Å². The average Bonchev–Trinajstić information content (AvgIpc) is 2.72. The Hall–Kier alpha value is -1.06. The lowest BCUT2D eigenvalue weighted by molar-refractivity contribution is 0.249. The van der Waals surface area contributed by atoms with E-state index in [4.69, 9.17) is 11.6 Å². The Balaban J connectivity index is 1.94. The lowest BCUT2D eigenvalue weighted by Gasteiger charge is -2.28. The molecule has 0 spiro atoms. The number of imidazole rings is 1. The molecule has 1 unspecified atom stereocenters. The number of pyridine rings is 1. The van der Waals surface area contributed by atoms with Crippen LogP contribution >= 0.6 is 11.6 Å². The molecule has 0 aliphatic carbocycles. The van der Waals surface area contributed by atoms with Crippen molar-refractivity contribution < 1.29 is 0 Å². The van der Waals surface area contributed by atoms with E-state index >= 15 is 0 Å². The van der Waals surface area contributed by atoms with Crippen LogP contribution in [0.25, 0.3) is 5.65 Å². The molecule has 1 aliphatic heterocycles. The summed E-state index contributed by atoms with van der Waals surface area (Å²) in [5.74, 6) is 0.562. The van der Waals surface area contributed by atoms with Crippen molar-refractivity contribution in [3.8, 4) is 0 Å². The second kappa shape index (κ2) is 4.31. The van der Waals surface area contributed by atoms with Gasteiger partial charge in [0.25, 0.3) is 0 Å². The highest BCUT2D eigenvalue weighted by Gasteiger charge is 2.21. The summed E-state index contributed by atoms with van der Waals surface area (Å²) in [5, 5.41) is 0.746. The van der Waals surface area contributed by atoms with Crippen molar-refractivity contribution in [3.63, 3.8) is 0 Å². The molecule has 2 aromatic heterocycles. The molecule has 0 N–H and O–H groups in total. The molecule has 1 saturated heterocycles. The molecule has 0 aromatic carbocycles. The highest BCUT2D eigenvalue weighted by molar-refractivity contribution is 6.30. The lowest BCUT2D eigenvalue weighted by Crippen LogP contribution is -2.30. The number of hydrogen-bond acceptors (Lipinski definition) is 2. The molecule has 0 bridgehead atoms. The maximum absolute atomic E-state index is 5.98. The maximum atomic E-state index is 5.98. The molecule has 0 saturated carbocycles. The van der Waals surface area contributed by atoms with Gasteiger partial charge in [-0.1, -0.05) is 11.6 Å². The number of hydrogen-bond donors (Lipinski definition) is 0. The van der Waals surface area contributed by atoms with Crippen molar-refractivity contribution in [2.75, 3.05) is 20.1 Å². The van der Waals surface area contributed by atoms with Gasteiger partial charge in [0.15, 0.2) is 0 Å². The summed E-state index contributed by atoms with van der Waals surface area (Å²) in [4.78, 5) is 7.06. The van der Waals surface area contributed by atoms with Gasteiger partial charge in [-0.25, -0.2) is 4.98 Å². The molecule has 2 aromatic rings. The van der Waals surface area contributed by atoms with Crippen LogP contribution in [0.15, 0.2) is 24.5 Å². The first-order valence-electron chi connectivity index (χ1n) is 6.05. The highest BCUT2D eigenvalue weighted by atomic mass is 35.5.